The van der Waals surface area contributed by atoms with E-state index >= 15 is 0 Å². The normalized spacial score (nSPS) is 16.0. The number of nitrogens with one attached hydrogen (secondary N) is 2. The second kappa shape index (κ2) is 8.38. The predicted octanol–water partition coefficient (Wildman–Crippen LogP) is 3.86. The number of hydrogen-bond donors (Lipinski definition) is 2. The van der Waals surface area contributed by atoms with Crippen molar-refractivity contribution >= 4 is 28.5 Å². The molecule has 0 atom stereocenters. The molecule has 31 heavy (non-hydrogen) atoms. The lowest BCUT2D eigenvalue weighted by Crippen LogP contribution is -2.25. The van der Waals surface area contributed by atoms with Crippen molar-refractivity contribution in [3.05, 3.63) is 71.3 Å². The molecule has 6 heteroatoms. The van der Waals surface area contributed by atoms with Crippen LogP contribution in [0.4, 0.5) is 5.82 Å². The number of carbonyl (C=O) groups is 2. The Labute approximate surface area is 181 Å². The monoisotopic (exact) mass is 414 g/mol. The van der Waals surface area contributed by atoms with Crippen molar-refractivity contribution in [2.24, 2.45) is 0 Å². The zero-order valence-corrected chi connectivity index (χ0v) is 17.4. The highest BCUT2D eigenvalue weighted by atomic mass is 16.2. The number of rotatable bonds is 7. The van der Waals surface area contributed by atoms with Crippen LogP contribution in [0, 0.1) is 0 Å². The molecule has 1 aliphatic carbocycles. The number of benzene rings is 2. The maximum atomic E-state index is 12.7. The van der Waals surface area contributed by atoms with Crippen molar-refractivity contribution < 1.29 is 9.59 Å². The highest BCUT2D eigenvalue weighted by Crippen LogP contribution is 2.24. The first-order valence-electron chi connectivity index (χ1n) is 11.0. The van der Waals surface area contributed by atoms with Crippen LogP contribution in [0.1, 0.15) is 47.2 Å². The average Bonchev–Trinajstić information content (AvgIpc) is 3.52. The molecular weight excluding hydrogens is 388 g/mol. The van der Waals surface area contributed by atoms with Gasteiger partial charge in [0.25, 0.3) is 5.91 Å². The van der Waals surface area contributed by atoms with Crippen molar-refractivity contribution in [2.75, 3.05) is 11.9 Å². The highest BCUT2D eigenvalue weighted by Gasteiger charge is 2.25. The van der Waals surface area contributed by atoms with Crippen molar-refractivity contribution in [1.82, 2.24) is 15.2 Å². The molecule has 1 saturated carbocycles. The number of aromatic nitrogens is 1. The lowest BCUT2D eigenvalue weighted by Gasteiger charge is -2.16. The van der Waals surface area contributed by atoms with Gasteiger partial charge in [-0.2, -0.15) is 0 Å². The molecule has 2 aromatic carbocycles. The van der Waals surface area contributed by atoms with Crippen LogP contribution in [0.15, 0.2) is 54.6 Å². The summed E-state index contributed by atoms with van der Waals surface area (Å²) in [6.45, 7) is 2.14. The van der Waals surface area contributed by atoms with E-state index in [2.05, 4.69) is 39.9 Å². The average molecular weight is 415 g/mol. The first kappa shape index (κ1) is 19.5. The quantitative estimate of drug-likeness (QED) is 0.616. The van der Waals surface area contributed by atoms with E-state index in [9.17, 15) is 9.59 Å². The van der Waals surface area contributed by atoms with E-state index in [-0.39, 0.29) is 11.8 Å². The van der Waals surface area contributed by atoms with Gasteiger partial charge in [-0.05, 0) is 42.5 Å². The van der Waals surface area contributed by atoms with Gasteiger partial charge in [-0.3, -0.25) is 9.59 Å². The third-order valence-electron chi connectivity index (χ3n) is 5.91. The van der Waals surface area contributed by atoms with Gasteiger partial charge in [0.2, 0.25) is 5.91 Å². The van der Waals surface area contributed by atoms with Crippen molar-refractivity contribution in [2.45, 2.75) is 44.8 Å². The van der Waals surface area contributed by atoms with Gasteiger partial charge in [0, 0.05) is 37.5 Å². The van der Waals surface area contributed by atoms with E-state index in [0.717, 1.165) is 47.8 Å². The third kappa shape index (κ3) is 4.53. The van der Waals surface area contributed by atoms with Gasteiger partial charge in [-0.1, -0.05) is 42.5 Å². The molecule has 1 aromatic heterocycles. The Morgan fingerprint density at radius 1 is 1.06 bits per heavy atom. The first-order chi connectivity index (χ1) is 15.2. The van der Waals surface area contributed by atoms with E-state index < -0.39 is 0 Å². The topological polar surface area (TPSA) is 74.3 Å². The molecule has 2 aliphatic rings. The number of para-hydroxylation sites is 1. The van der Waals surface area contributed by atoms with Crippen LogP contribution < -0.4 is 10.6 Å². The van der Waals surface area contributed by atoms with Gasteiger partial charge < -0.3 is 15.5 Å². The Morgan fingerprint density at radius 2 is 1.84 bits per heavy atom. The molecule has 6 nitrogen and oxygen atoms in total. The second-order valence-corrected chi connectivity index (χ2v) is 8.41. The van der Waals surface area contributed by atoms with Gasteiger partial charge in [0.1, 0.15) is 5.82 Å². The molecule has 0 radical (unpaired) electrons. The number of hydrogen-bond acceptors (Lipinski definition) is 4. The Morgan fingerprint density at radius 3 is 2.58 bits per heavy atom. The zero-order chi connectivity index (χ0) is 21.2. The number of anilines is 1. The van der Waals surface area contributed by atoms with Gasteiger partial charge in [-0.15, -0.1) is 0 Å². The molecule has 3 aromatic rings. The minimum absolute atomic E-state index is 0.0371. The first-order valence-corrected chi connectivity index (χ1v) is 11.0. The molecule has 1 aliphatic heterocycles. The minimum atomic E-state index is -0.0371. The van der Waals surface area contributed by atoms with E-state index in [4.69, 9.17) is 0 Å². The lowest BCUT2D eigenvalue weighted by atomic mass is 10.1. The molecule has 0 unspecified atom stereocenters. The number of fused-ring (bicyclic) bond motifs is 1. The summed E-state index contributed by atoms with van der Waals surface area (Å²) in [4.78, 5) is 31.2. The van der Waals surface area contributed by atoms with Crippen LogP contribution in [0.3, 0.4) is 0 Å². The Bertz CT molecular complexity index is 1120. The van der Waals surface area contributed by atoms with Crippen LogP contribution in [0.2, 0.25) is 0 Å². The van der Waals surface area contributed by atoms with Crippen LogP contribution in [0.5, 0.6) is 0 Å². The Kier molecular flexibility index (Phi) is 5.28. The number of likely N-dealkylation sites (tertiary alicyclic amines) is 1. The molecule has 0 spiro atoms. The molecule has 0 bridgehead atoms. The highest BCUT2D eigenvalue weighted by molar-refractivity contribution is 6.07. The summed E-state index contributed by atoms with van der Waals surface area (Å²) >= 11 is 0. The van der Waals surface area contributed by atoms with Crippen LogP contribution in [-0.2, 0) is 17.9 Å². The van der Waals surface area contributed by atoms with E-state index in [0.29, 0.717) is 36.9 Å². The van der Waals surface area contributed by atoms with Crippen LogP contribution in [-0.4, -0.2) is 34.3 Å². The van der Waals surface area contributed by atoms with Crippen molar-refractivity contribution in [1.29, 1.82) is 0 Å². The van der Waals surface area contributed by atoms with Gasteiger partial charge >= 0.3 is 0 Å². The molecule has 158 valence electrons. The molecule has 2 amide bonds. The fourth-order valence-corrected chi connectivity index (χ4v) is 3.99. The second-order valence-electron chi connectivity index (χ2n) is 8.41. The van der Waals surface area contributed by atoms with Crippen molar-refractivity contribution in [3.63, 3.8) is 0 Å². The molecule has 2 heterocycles. The minimum Gasteiger partial charge on any atom is -0.366 e. The number of nitrogens with zero attached hydrogens (tertiary/aromatic N) is 2. The van der Waals surface area contributed by atoms with Gasteiger partial charge in [0.05, 0.1) is 11.1 Å². The fraction of sp³-hybridized carbons (Fsp3) is 0.320. The summed E-state index contributed by atoms with van der Waals surface area (Å²) in [5.74, 6) is 0.894. The van der Waals surface area contributed by atoms with Crippen molar-refractivity contribution in [3.8, 4) is 0 Å². The Balaban J connectivity index is 1.29. The predicted molar refractivity (Wildman–Crippen MR) is 121 cm³/mol. The zero-order valence-electron chi connectivity index (χ0n) is 17.4. The summed E-state index contributed by atoms with van der Waals surface area (Å²) in [6.07, 6.45) is 3.74. The summed E-state index contributed by atoms with van der Waals surface area (Å²) in [5, 5.41) is 7.31. The summed E-state index contributed by atoms with van der Waals surface area (Å²) in [5.41, 5.74) is 3.72. The molecule has 2 N–H and O–H groups in total. The van der Waals surface area contributed by atoms with Gasteiger partial charge in [0.15, 0.2) is 0 Å². The fourth-order valence-electron chi connectivity index (χ4n) is 3.99. The molecular formula is C25H26N4O2. The van der Waals surface area contributed by atoms with Crippen LogP contribution in [0.25, 0.3) is 10.9 Å². The Hall–Kier alpha value is -3.41. The number of pyridine rings is 1. The number of carbonyl (C=O) groups excluding carboxylic acids is 2. The van der Waals surface area contributed by atoms with E-state index in [1.54, 1.807) is 0 Å². The molecule has 2 fully saturated rings. The standard InChI is InChI=1S/C25H26N4O2/c30-24-6-3-13-29(24)16-18-9-7-17(8-10-18)15-26-23-14-21(25(31)27-19-11-12-19)20-4-1-2-5-22(20)28-23/h1-2,4-5,7-10,14,19H,3,6,11-13,15-16H2,(H,26,28)(H,27,31). The lowest BCUT2D eigenvalue weighted by molar-refractivity contribution is -0.128. The summed E-state index contributed by atoms with van der Waals surface area (Å²) < 4.78 is 0. The smallest absolute Gasteiger partial charge is 0.252 e. The maximum Gasteiger partial charge on any atom is 0.252 e. The molecule has 5 rings (SSSR count). The van der Waals surface area contributed by atoms with Crippen LogP contribution >= 0.6 is 0 Å². The SMILES string of the molecule is O=C(NC1CC1)c1cc(NCc2ccc(CN3CCCC3=O)cc2)nc2ccccc12. The molecule has 1 saturated heterocycles. The third-order valence-corrected chi connectivity index (χ3v) is 5.91. The largest absolute Gasteiger partial charge is 0.366 e. The van der Waals surface area contributed by atoms with E-state index in [1.165, 1.54) is 0 Å². The number of amides is 2. The summed E-state index contributed by atoms with van der Waals surface area (Å²) in [6, 6.07) is 18.2. The van der Waals surface area contributed by atoms with E-state index in [1.807, 2.05) is 35.2 Å². The van der Waals surface area contributed by atoms with Gasteiger partial charge in [-0.25, -0.2) is 4.98 Å². The maximum absolute atomic E-state index is 12.7. The summed E-state index contributed by atoms with van der Waals surface area (Å²) in [7, 11) is 0.